The van der Waals surface area contributed by atoms with E-state index in [9.17, 15) is 40.0 Å². The molecule has 0 bridgehead atoms. The number of aliphatic hydroxyl groups is 3. The Morgan fingerprint density at radius 3 is 2.33 bits per heavy atom. The van der Waals surface area contributed by atoms with E-state index in [0.717, 1.165) is 16.0 Å². The fraction of sp³-hybridized carbons (Fsp3) is 0.419. The molecule has 228 valence electrons. The fourth-order valence-electron chi connectivity index (χ4n) is 7.03. The predicted octanol–water partition coefficient (Wildman–Crippen LogP) is 0.730. The van der Waals surface area contributed by atoms with E-state index in [0.29, 0.717) is 30.4 Å². The van der Waals surface area contributed by atoms with E-state index in [1.807, 2.05) is 25.1 Å². The number of primary amides is 1. The van der Waals surface area contributed by atoms with E-state index in [2.05, 4.69) is 0 Å². The van der Waals surface area contributed by atoms with Gasteiger partial charge < -0.3 is 31.1 Å². The van der Waals surface area contributed by atoms with Crippen LogP contribution in [0, 0.1) is 11.8 Å². The molecule has 5 rings (SSSR count). The number of nitrogens with zero attached hydrogens (tertiary/aromatic N) is 3. The largest absolute Gasteiger partial charge is 0.508 e. The van der Waals surface area contributed by atoms with Crippen molar-refractivity contribution in [2.24, 2.45) is 17.6 Å². The van der Waals surface area contributed by atoms with Crippen molar-refractivity contribution in [2.75, 3.05) is 33.1 Å². The Balaban J connectivity index is 1.61. The average Bonchev–Trinajstić information content (AvgIpc) is 2.92. The van der Waals surface area contributed by atoms with Gasteiger partial charge in [-0.05, 0) is 74.9 Å². The van der Waals surface area contributed by atoms with Gasteiger partial charge in [0.25, 0.3) is 5.91 Å². The van der Waals surface area contributed by atoms with Gasteiger partial charge in [0.1, 0.15) is 22.8 Å². The van der Waals surface area contributed by atoms with Crippen molar-refractivity contribution < 1.29 is 44.7 Å². The first-order chi connectivity index (χ1) is 20.2. The van der Waals surface area contributed by atoms with Gasteiger partial charge in [0.2, 0.25) is 18.2 Å². The van der Waals surface area contributed by atoms with Gasteiger partial charge in [0.05, 0.1) is 11.6 Å². The molecular formula is C31H37N4O8+. The lowest BCUT2D eigenvalue weighted by Gasteiger charge is -2.50. The summed E-state index contributed by atoms with van der Waals surface area (Å²) in [6.07, 6.45) is 5.06. The number of likely N-dealkylation sites (N-methyl/N-ethyl adjacent to an activating group) is 1. The van der Waals surface area contributed by atoms with Crippen molar-refractivity contribution in [3.05, 3.63) is 69.8 Å². The Morgan fingerprint density at radius 2 is 1.74 bits per heavy atom. The van der Waals surface area contributed by atoms with Crippen molar-refractivity contribution in [1.82, 2.24) is 4.90 Å². The minimum Gasteiger partial charge on any atom is -0.508 e. The summed E-state index contributed by atoms with van der Waals surface area (Å²) in [6, 6.07) is 4.30. The number of anilines is 1. The zero-order chi connectivity index (χ0) is 31.5. The fourth-order valence-corrected chi connectivity index (χ4v) is 7.03. The molecule has 0 radical (unpaired) electrons. The maximum absolute atomic E-state index is 14.1. The third-order valence-corrected chi connectivity index (χ3v) is 9.05. The maximum Gasteiger partial charge on any atom is 0.255 e. The lowest BCUT2D eigenvalue weighted by molar-refractivity contribution is -0.904. The first-order valence-corrected chi connectivity index (χ1v) is 14.1. The van der Waals surface area contributed by atoms with Crippen molar-refractivity contribution in [1.29, 1.82) is 0 Å². The Morgan fingerprint density at radius 1 is 1.09 bits per heavy atom. The van der Waals surface area contributed by atoms with Gasteiger partial charge in [-0.15, -0.1) is 0 Å². The summed E-state index contributed by atoms with van der Waals surface area (Å²) in [5.74, 6) is -6.65. The molecule has 3 aliphatic carbocycles. The molecule has 0 saturated heterocycles. The molecule has 1 aromatic carbocycles. The first-order valence-electron chi connectivity index (χ1n) is 14.1. The number of phenolic OH excluding ortho intramolecular Hbond substituents is 1. The van der Waals surface area contributed by atoms with E-state index in [1.165, 1.54) is 17.3 Å². The lowest BCUT2D eigenvalue weighted by atomic mass is 9.57. The van der Waals surface area contributed by atoms with E-state index >= 15 is 0 Å². The summed E-state index contributed by atoms with van der Waals surface area (Å²) in [5, 5.41) is 55.4. The van der Waals surface area contributed by atoms with Crippen LogP contribution in [-0.4, -0.2) is 87.8 Å². The molecule has 1 heterocycles. The molecule has 0 spiro atoms. The SMILES string of the molecule is CN(C)c1cc(CCCc2cc[n+](O)cc2)c(O)c2c1C[C@H]1C[C@H]3[C@@H](N(C)C)C(=O)C(C(N)=O)=C(O)[C@@]3(O)C(=O)C1=C2O. The van der Waals surface area contributed by atoms with Gasteiger partial charge in [-0.3, -0.25) is 24.5 Å². The monoisotopic (exact) mass is 593 g/mol. The highest BCUT2D eigenvalue weighted by Crippen LogP contribution is 2.54. The summed E-state index contributed by atoms with van der Waals surface area (Å²) in [4.78, 5) is 42.9. The van der Waals surface area contributed by atoms with Crippen molar-refractivity contribution in [2.45, 2.75) is 43.7 Å². The van der Waals surface area contributed by atoms with Gasteiger partial charge in [-0.25, -0.2) is 0 Å². The number of fused-ring (bicyclic) bond motifs is 3. The number of hydrogen-bond acceptors (Lipinski definition) is 10. The number of phenols is 1. The second-order valence-corrected chi connectivity index (χ2v) is 12.1. The molecule has 12 heteroatoms. The van der Waals surface area contributed by atoms with Gasteiger partial charge in [0, 0.05) is 48.1 Å². The Hall–Kier alpha value is -4.42. The number of aryl methyl sites for hydroxylation is 2. The van der Waals surface area contributed by atoms with Crippen molar-refractivity contribution >= 4 is 28.9 Å². The number of pyridine rings is 1. The van der Waals surface area contributed by atoms with Crippen LogP contribution in [0.2, 0.25) is 0 Å². The van der Waals surface area contributed by atoms with Crippen LogP contribution in [0.25, 0.3) is 5.76 Å². The van der Waals surface area contributed by atoms with Crippen LogP contribution >= 0.6 is 0 Å². The number of Topliss-reactive ketones (excluding diaryl/α,β-unsaturated/α-hetero) is 2. The Labute approximate surface area is 248 Å². The van der Waals surface area contributed by atoms with E-state index in [-0.39, 0.29) is 29.7 Å². The average molecular weight is 594 g/mol. The third-order valence-electron chi connectivity index (χ3n) is 9.05. The second kappa shape index (κ2) is 10.7. The summed E-state index contributed by atoms with van der Waals surface area (Å²) >= 11 is 0. The first kappa shape index (κ1) is 30.1. The van der Waals surface area contributed by atoms with E-state index in [4.69, 9.17) is 5.73 Å². The molecule has 1 fully saturated rings. The van der Waals surface area contributed by atoms with Gasteiger partial charge in [0.15, 0.2) is 11.4 Å². The smallest absolute Gasteiger partial charge is 0.255 e. The molecule has 3 aliphatic rings. The van der Waals surface area contributed by atoms with Crippen molar-refractivity contribution in [3.8, 4) is 5.75 Å². The number of hydrogen-bond donors (Lipinski definition) is 6. The number of carbonyl (C=O) groups excluding carboxylic acids is 3. The summed E-state index contributed by atoms with van der Waals surface area (Å²) < 4.78 is 0.951. The summed E-state index contributed by atoms with van der Waals surface area (Å²) in [7, 11) is 6.80. The van der Waals surface area contributed by atoms with Gasteiger partial charge in [-0.2, -0.15) is 0 Å². The second-order valence-electron chi connectivity index (χ2n) is 12.1. The molecule has 1 saturated carbocycles. The van der Waals surface area contributed by atoms with Crippen LogP contribution in [0.15, 0.2) is 47.5 Å². The molecule has 0 aliphatic heterocycles. The highest BCUT2D eigenvalue weighted by atomic mass is 16.5. The van der Waals surface area contributed by atoms with Gasteiger partial charge >= 0.3 is 0 Å². The topological polar surface area (TPSA) is 189 Å². The molecular weight excluding hydrogens is 556 g/mol. The van der Waals surface area contributed by atoms with Crippen molar-refractivity contribution in [3.63, 3.8) is 0 Å². The molecule has 4 atom stereocenters. The molecule has 1 aromatic heterocycles. The molecule has 12 nitrogen and oxygen atoms in total. The number of aromatic hydroxyl groups is 1. The van der Waals surface area contributed by atoms with Crippen LogP contribution in [0.1, 0.15) is 35.1 Å². The number of aliphatic hydroxyl groups excluding tert-OH is 2. The Kier molecular flexibility index (Phi) is 7.47. The quantitative estimate of drug-likeness (QED) is 0.152. The highest BCUT2D eigenvalue weighted by molar-refractivity contribution is 6.24. The predicted molar refractivity (Wildman–Crippen MR) is 154 cm³/mol. The normalized spacial score (nSPS) is 25.0. The lowest BCUT2D eigenvalue weighted by Crippen LogP contribution is -2.65. The minimum atomic E-state index is -2.68. The van der Waals surface area contributed by atoms with Crippen LogP contribution in [0.3, 0.4) is 0 Å². The van der Waals surface area contributed by atoms with Crippen LogP contribution in [0.5, 0.6) is 5.75 Å². The minimum absolute atomic E-state index is 0.0338. The molecule has 2 aromatic rings. The molecule has 43 heavy (non-hydrogen) atoms. The summed E-state index contributed by atoms with van der Waals surface area (Å²) in [6.45, 7) is 0. The van der Waals surface area contributed by atoms with E-state index < -0.39 is 58.0 Å². The standard InChI is InChI=1S/C31H36N4O8/c1-33(2)20-14-16(7-5-6-15-8-10-35(43)11-9-15)25(36)22-18(20)12-17-13-19-24(34(3)4)27(38)23(30(32)41)29(40)31(19,42)28(39)21(17)26(22)37/h8-11,14,17,19,24,42H,5-7,12-13H2,1-4H3,(H5-,32,36,37,38,39,40,41,43)/p+1/t17-,19-,24+,31-/m0/s1. The number of amides is 1. The number of aromatic nitrogens is 1. The summed E-state index contributed by atoms with van der Waals surface area (Å²) in [5.41, 5.74) is 4.69. The molecule has 1 amide bonds. The number of nitrogens with two attached hydrogens (primary N) is 1. The number of rotatable bonds is 7. The van der Waals surface area contributed by atoms with Gasteiger partial charge in [-0.1, -0.05) is 0 Å². The molecule has 7 N–H and O–H groups in total. The van der Waals surface area contributed by atoms with Crippen LogP contribution in [-0.2, 0) is 33.6 Å². The van der Waals surface area contributed by atoms with E-state index in [1.54, 1.807) is 26.2 Å². The number of ketones is 2. The van der Waals surface area contributed by atoms with Crippen LogP contribution < -0.4 is 15.4 Å². The third kappa shape index (κ3) is 4.61. The zero-order valence-corrected chi connectivity index (χ0v) is 24.5. The Bertz CT molecular complexity index is 1590. The zero-order valence-electron chi connectivity index (χ0n) is 24.5. The highest BCUT2D eigenvalue weighted by Gasteiger charge is 2.64. The van der Waals surface area contributed by atoms with Crippen LogP contribution in [0.4, 0.5) is 5.69 Å². The number of carbonyl (C=O) groups is 3. The molecule has 0 unspecified atom stereocenters. The number of benzene rings is 1. The maximum atomic E-state index is 14.1.